The van der Waals surface area contributed by atoms with E-state index in [2.05, 4.69) is 6.07 Å². The van der Waals surface area contributed by atoms with Crippen molar-refractivity contribution in [3.05, 3.63) is 21.4 Å². The maximum Gasteiger partial charge on any atom is 0.263 e. The van der Waals surface area contributed by atoms with Gasteiger partial charge in [0.05, 0.1) is 11.0 Å². The van der Waals surface area contributed by atoms with Gasteiger partial charge in [0.1, 0.15) is 0 Å². The van der Waals surface area contributed by atoms with E-state index in [1.165, 1.54) is 29.7 Å². The highest BCUT2D eigenvalue weighted by Gasteiger charge is 2.43. The third kappa shape index (κ3) is 2.42. The van der Waals surface area contributed by atoms with E-state index in [0.29, 0.717) is 11.8 Å². The maximum absolute atomic E-state index is 12.7. The van der Waals surface area contributed by atoms with Gasteiger partial charge in [-0.1, -0.05) is 6.42 Å². The van der Waals surface area contributed by atoms with Gasteiger partial charge in [0.15, 0.2) is 0 Å². The number of fused-ring (bicyclic) bond motifs is 2. The second-order valence-corrected chi connectivity index (χ2v) is 8.04. The van der Waals surface area contributed by atoms with Crippen LogP contribution in [0.25, 0.3) is 0 Å². The molecule has 0 bridgehead atoms. The molecule has 21 heavy (non-hydrogen) atoms. The van der Waals surface area contributed by atoms with Crippen molar-refractivity contribution < 1.29 is 9.90 Å². The number of carbonyl (C=O) groups is 1. The molecule has 0 radical (unpaired) electrons. The lowest BCUT2D eigenvalue weighted by Crippen LogP contribution is -2.30. The first-order chi connectivity index (χ1) is 10.2. The summed E-state index contributed by atoms with van der Waals surface area (Å²) >= 11 is 1.72. The van der Waals surface area contributed by atoms with E-state index >= 15 is 0 Å². The van der Waals surface area contributed by atoms with E-state index < -0.39 is 0 Å². The Hall–Kier alpha value is -0.870. The Morgan fingerprint density at radius 2 is 2.05 bits per heavy atom. The summed E-state index contributed by atoms with van der Waals surface area (Å²) in [5, 5.41) is 10.00. The van der Waals surface area contributed by atoms with Gasteiger partial charge >= 0.3 is 0 Å². The van der Waals surface area contributed by atoms with Crippen molar-refractivity contribution in [3.63, 3.8) is 0 Å². The monoisotopic (exact) mass is 305 g/mol. The van der Waals surface area contributed by atoms with Crippen molar-refractivity contribution in [1.82, 2.24) is 4.90 Å². The molecule has 114 valence electrons. The molecule has 2 aliphatic carbocycles. The average Bonchev–Trinajstić information content (AvgIpc) is 3.12. The zero-order chi connectivity index (χ0) is 14.4. The standard InChI is InChI=1S/C17H23NO2S/c19-14-7-6-12-9-18(10-13(12)14)17(20)16-8-11-4-2-1-3-5-15(11)21-16/h8,12-14,19H,1-7,9-10H2. The van der Waals surface area contributed by atoms with Gasteiger partial charge in [-0.15, -0.1) is 11.3 Å². The van der Waals surface area contributed by atoms with Gasteiger partial charge in [0.25, 0.3) is 5.91 Å². The van der Waals surface area contributed by atoms with Gasteiger partial charge in [-0.25, -0.2) is 0 Å². The molecule has 1 saturated carbocycles. The zero-order valence-electron chi connectivity index (χ0n) is 12.4. The number of hydrogen-bond acceptors (Lipinski definition) is 3. The van der Waals surface area contributed by atoms with Crippen LogP contribution in [0.4, 0.5) is 0 Å². The SMILES string of the molecule is O=C(c1cc2c(s1)CCCCC2)N1CC2CCC(O)C2C1. The van der Waals surface area contributed by atoms with E-state index in [4.69, 9.17) is 0 Å². The molecular weight excluding hydrogens is 282 g/mol. The smallest absolute Gasteiger partial charge is 0.263 e. The van der Waals surface area contributed by atoms with Crippen LogP contribution in [-0.4, -0.2) is 35.1 Å². The Kier molecular flexibility index (Phi) is 3.54. The minimum atomic E-state index is -0.187. The zero-order valence-corrected chi connectivity index (χ0v) is 13.2. The van der Waals surface area contributed by atoms with Crippen LogP contribution in [0.2, 0.25) is 0 Å². The van der Waals surface area contributed by atoms with Gasteiger partial charge in [0.2, 0.25) is 0 Å². The number of aliphatic hydroxyl groups is 1. The predicted octanol–water partition coefficient (Wildman–Crippen LogP) is 2.86. The summed E-state index contributed by atoms with van der Waals surface area (Å²) in [7, 11) is 0. The van der Waals surface area contributed by atoms with Crippen molar-refractivity contribution in [2.24, 2.45) is 11.8 Å². The number of carbonyl (C=O) groups excluding carboxylic acids is 1. The number of thiophene rings is 1. The van der Waals surface area contributed by atoms with Crippen LogP contribution in [0.3, 0.4) is 0 Å². The van der Waals surface area contributed by atoms with E-state index in [1.54, 1.807) is 11.3 Å². The molecule has 4 rings (SSSR count). The molecule has 3 atom stereocenters. The lowest BCUT2D eigenvalue weighted by Gasteiger charge is -2.17. The predicted molar refractivity (Wildman–Crippen MR) is 83.7 cm³/mol. The van der Waals surface area contributed by atoms with Crippen LogP contribution < -0.4 is 0 Å². The normalized spacial score (nSPS) is 31.9. The van der Waals surface area contributed by atoms with E-state index in [0.717, 1.165) is 43.6 Å². The van der Waals surface area contributed by atoms with Crippen molar-refractivity contribution >= 4 is 17.2 Å². The molecule has 0 aromatic carbocycles. The first-order valence-corrected chi connectivity index (χ1v) is 9.13. The largest absolute Gasteiger partial charge is 0.393 e. The first-order valence-electron chi connectivity index (χ1n) is 8.31. The van der Waals surface area contributed by atoms with E-state index in [1.807, 2.05) is 4.90 Å². The number of hydrogen-bond donors (Lipinski definition) is 1. The fraction of sp³-hybridized carbons (Fsp3) is 0.706. The summed E-state index contributed by atoms with van der Waals surface area (Å²) in [6.45, 7) is 1.61. The second kappa shape index (κ2) is 5.40. The van der Waals surface area contributed by atoms with Gasteiger partial charge in [-0.3, -0.25) is 4.79 Å². The van der Waals surface area contributed by atoms with Crippen molar-refractivity contribution in [1.29, 1.82) is 0 Å². The minimum absolute atomic E-state index is 0.187. The lowest BCUT2D eigenvalue weighted by molar-refractivity contribution is 0.0757. The fourth-order valence-electron chi connectivity index (χ4n) is 4.33. The van der Waals surface area contributed by atoms with Crippen molar-refractivity contribution in [2.45, 2.75) is 51.0 Å². The Labute approximate surface area is 130 Å². The number of rotatable bonds is 1. The average molecular weight is 305 g/mol. The van der Waals surface area contributed by atoms with Crippen LogP contribution in [0.1, 0.15) is 52.2 Å². The van der Waals surface area contributed by atoms with Crippen molar-refractivity contribution in [3.8, 4) is 0 Å². The van der Waals surface area contributed by atoms with Gasteiger partial charge in [-0.05, 0) is 56.1 Å². The summed E-state index contributed by atoms with van der Waals surface area (Å²) in [6.07, 6.45) is 7.95. The summed E-state index contributed by atoms with van der Waals surface area (Å²) < 4.78 is 0. The van der Waals surface area contributed by atoms with Gasteiger partial charge in [0, 0.05) is 23.9 Å². The van der Waals surface area contributed by atoms with Crippen LogP contribution >= 0.6 is 11.3 Å². The summed E-state index contributed by atoms with van der Waals surface area (Å²) in [4.78, 5) is 17.1. The molecule has 4 heteroatoms. The molecule has 3 unspecified atom stereocenters. The summed E-state index contributed by atoms with van der Waals surface area (Å²) in [6, 6.07) is 2.15. The Bertz CT molecular complexity index is 529. The van der Waals surface area contributed by atoms with Crippen molar-refractivity contribution in [2.75, 3.05) is 13.1 Å². The Morgan fingerprint density at radius 3 is 2.90 bits per heavy atom. The Morgan fingerprint density at radius 1 is 1.19 bits per heavy atom. The molecule has 3 aliphatic rings. The van der Waals surface area contributed by atoms with Gasteiger partial charge < -0.3 is 10.0 Å². The third-order valence-electron chi connectivity index (χ3n) is 5.56. The van der Waals surface area contributed by atoms with Crippen LogP contribution in [-0.2, 0) is 12.8 Å². The van der Waals surface area contributed by atoms with E-state index in [9.17, 15) is 9.90 Å². The third-order valence-corrected chi connectivity index (χ3v) is 6.79. The Balaban J connectivity index is 1.51. The molecule has 1 aromatic rings. The second-order valence-electron chi connectivity index (χ2n) is 6.90. The van der Waals surface area contributed by atoms with Crippen LogP contribution in [0.5, 0.6) is 0 Å². The highest BCUT2D eigenvalue weighted by molar-refractivity contribution is 7.14. The van der Waals surface area contributed by atoms with Gasteiger partial charge in [-0.2, -0.15) is 0 Å². The number of nitrogens with zero attached hydrogens (tertiary/aromatic N) is 1. The maximum atomic E-state index is 12.7. The molecule has 1 N–H and O–H groups in total. The molecule has 2 fully saturated rings. The number of amides is 1. The summed E-state index contributed by atoms with van der Waals surface area (Å²) in [5.41, 5.74) is 1.42. The molecule has 2 heterocycles. The topological polar surface area (TPSA) is 40.5 Å². The highest BCUT2D eigenvalue weighted by Crippen LogP contribution is 2.39. The molecule has 1 amide bonds. The number of aliphatic hydroxyl groups excluding tert-OH is 1. The molecule has 3 nitrogen and oxygen atoms in total. The van der Waals surface area contributed by atoms with Crippen LogP contribution in [0.15, 0.2) is 6.07 Å². The quantitative estimate of drug-likeness (QED) is 0.811. The lowest BCUT2D eigenvalue weighted by atomic mass is 10.00. The molecule has 1 aliphatic heterocycles. The first kappa shape index (κ1) is 13.8. The molecule has 1 saturated heterocycles. The van der Waals surface area contributed by atoms with E-state index in [-0.39, 0.29) is 12.0 Å². The van der Waals surface area contributed by atoms with Crippen LogP contribution in [0, 0.1) is 11.8 Å². The molecular formula is C17H23NO2S. The molecule has 0 spiro atoms. The minimum Gasteiger partial charge on any atom is -0.393 e. The summed E-state index contributed by atoms with van der Waals surface area (Å²) in [5.74, 6) is 1.06. The number of aryl methyl sites for hydroxylation is 2. The fourth-order valence-corrected chi connectivity index (χ4v) is 5.55. The molecule has 1 aromatic heterocycles. The highest BCUT2D eigenvalue weighted by atomic mass is 32.1. The number of likely N-dealkylation sites (tertiary alicyclic amines) is 1.